The Labute approximate surface area is 454 Å². The number of hydrogen-bond acceptors (Lipinski definition) is 4. The third kappa shape index (κ3) is 7.41. The van der Waals surface area contributed by atoms with E-state index in [1.807, 2.05) is 72.8 Å². The lowest BCUT2D eigenvalue weighted by atomic mass is 9.91. The second-order valence-corrected chi connectivity index (χ2v) is 20.0. The van der Waals surface area contributed by atoms with Gasteiger partial charge in [-0.15, -0.1) is 0 Å². The molecule has 0 aliphatic carbocycles. The van der Waals surface area contributed by atoms with Crippen LogP contribution in [-0.4, -0.2) is 23.7 Å². The Bertz CT molecular complexity index is 4630. The molecule has 0 fully saturated rings. The highest BCUT2D eigenvalue weighted by Crippen LogP contribution is 2.46. The maximum atomic E-state index is 10.5. The van der Waals surface area contributed by atoms with Gasteiger partial charge < -0.3 is 13.7 Å². The summed E-state index contributed by atoms with van der Waals surface area (Å²) in [5.74, 6) is 0.538. The molecule has 0 bridgehead atoms. The Hall–Kier alpha value is -11.1. The summed E-state index contributed by atoms with van der Waals surface area (Å²) in [7, 11) is 0. The molecule has 7 heteroatoms. The molecule has 7 nitrogen and oxygen atoms in total. The lowest BCUT2D eigenvalue weighted by molar-refractivity contribution is 1.15. The number of fused-ring (bicyclic) bond motifs is 9. The first-order valence-electron chi connectivity index (χ1n) is 26.3. The van der Waals surface area contributed by atoms with Gasteiger partial charge in [0.25, 0.3) is 0 Å². The average Bonchev–Trinajstić information content (AvgIpc) is 4.21. The molecule has 0 N–H and O–H groups in total. The molecule has 0 aliphatic rings. The number of hydrogen-bond donors (Lipinski definition) is 0. The van der Waals surface area contributed by atoms with E-state index in [1.165, 1.54) is 21.5 Å². The number of para-hydroxylation sites is 4. The van der Waals surface area contributed by atoms with Crippen molar-refractivity contribution < 1.29 is 0 Å². The summed E-state index contributed by atoms with van der Waals surface area (Å²) in [6, 6.07) is 95.5. The van der Waals surface area contributed by atoms with E-state index in [1.54, 1.807) is 0 Å². The zero-order valence-corrected chi connectivity index (χ0v) is 42.5. The number of benzene rings is 11. The van der Waals surface area contributed by atoms with E-state index in [0.717, 1.165) is 111 Å². The first kappa shape index (κ1) is 45.3. The highest BCUT2D eigenvalue weighted by Gasteiger charge is 2.25. The molecule has 0 spiro atoms. The van der Waals surface area contributed by atoms with E-state index >= 15 is 0 Å². The maximum absolute atomic E-state index is 10.5. The zero-order valence-electron chi connectivity index (χ0n) is 42.5. The van der Waals surface area contributed by atoms with Crippen molar-refractivity contribution in [1.82, 2.24) is 23.7 Å². The number of nitriles is 2. The van der Waals surface area contributed by atoms with Crippen LogP contribution in [0.15, 0.2) is 261 Å². The second kappa shape index (κ2) is 18.3. The summed E-state index contributed by atoms with van der Waals surface area (Å²) in [5.41, 5.74) is 18.2. The molecule has 0 aliphatic heterocycles. The van der Waals surface area contributed by atoms with Crippen molar-refractivity contribution in [2.45, 2.75) is 0 Å². The highest BCUT2D eigenvalue weighted by atomic mass is 15.0. The van der Waals surface area contributed by atoms with Crippen LogP contribution in [0.5, 0.6) is 0 Å². The molecular weight excluding hydrogens is 963 g/mol. The van der Waals surface area contributed by atoms with Gasteiger partial charge in [-0.25, -0.2) is 9.97 Å². The minimum atomic E-state index is 0.532. The smallest absolute Gasteiger partial charge is 0.160 e. The molecule has 79 heavy (non-hydrogen) atoms. The molecule has 0 atom stereocenters. The first-order chi connectivity index (χ1) is 39.1. The SMILES string of the molecule is N#Cc1cccc(-c2cc(-c3nc(-c4ccccc4)cc(-c4ccccc4)n3)cc(-c3cccc(C#N)c3)c2-n2c3ccc(-n4c5ccccc5c5ccccc54)cc3c3cc(-n4c5ccccc5c5ccccc54)ccc32)c1. The topological polar surface area (TPSA) is 88.2 Å². The second-order valence-electron chi connectivity index (χ2n) is 20.0. The molecule has 0 unspecified atom stereocenters. The summed E-state index contributed by atoms with van der Waals surface area (Å²) < 4.78 is 7.15. The van der Waals surface area contributed by atoms with Gasteiger partial charge in [0, 0.05) is 71.5 Å². The van der Waals surface area contributed by atoms with Gasteiger partial charge in [-0.1, -0.05) is 158 Å². The van der Waals surface area contributed by atoms with Gasteiger partial charge in [0.15, 0.2) is 5.82 Å². The molecule has 11 aromatic carbocycles. The van der Waals surface area contributed by atoms with Gasteiger partial charge in [0.2, 0.25) is 0 Å². The predicted molar refractivity (Wildman–Crippen MR) is 322 cm³/mol. The number of nitrogens with zero attached hydrogens (tertiary/aromatic N) is 7. The molecule has 0 saturated heterocycles. The van der Waals surface area contributed by atoms with Crippen molar-refractivity contribution in [1.29, 1.82) is 10.5 Å². The van der Waals surface area contributed by atoms with E-state index in [0.29, 0.717) is 17.0 Å². The highest BCUT2D eigenvalue weighted by molar-refractivity contribution is 6.15. The normalized spacial score (nSPS) is 11.5. The molecular formula is C72H43N7. The first-order valence-corrected chi connectivity index (χ1v) is 26.3. The van der Waals surface area contributed by atoms with Crippen LogP contribution >= 0.6 is 0 Å². The molecule has 15 aromatic rings. The third-order valence-corrected chi connectivity index (χ3v) is 15.5. The van der Waals surface area contributed by atoms with Crippen molar-refractivity contribution in [3.63, 3.8) is 0 Å². The Morgan fingerprint density at radius 1 is 0.278 bits per heavy atom. The van der Waals surface area contributed by atoms with Gasteiger partial charge in [-0.05, 0) is 114 Å². The van der Waals surface area contributed by atoms with E-state index in [-0.39, 0.29) is 0 Å². The number of aromatic nitrogens is 5. The summed E-state index contributed by atoms with van der Waals surface area (Å²) in [5, 5.41) is 27.9. The Kier molecular flexibility index (Phi) is 10.5. The van der Waals surface area contributed by atoms with Gasteiger partial charge in [0.1, 0.15) is 0 Å². The molecule has 0 radical (unpaired) electrons. The van der Waals surface area contributed by atoms with Crippen molar-refractivity contribution >= 4 is 65.4 Å². The van der Waals surface area contributed by atoms with Gasteiger partial charge in [0.05, 0.1) is 73.4 Å². The van der Waals surface area contributed by atoms with Crippen molar-refractivity contribution in [2.75, 3.05) is 0 Å². The predicted octanol–water partition coefficient (Wildman–Crippen LogP) is 17.8. The van der Waals surface area contributed by atoms with Crippen LogP contribution in [0.1, 0.15) is 11.1 Å². The summed E-state index contributed by atoms with van der Waals surface area (Å²) in [6.45, 7) is 0. The van der Waals surface area contributed by atoms with Crippen LogP contribution in [0.2, 0.25) is 0 Å². The van der Waals surface area contributed by atoms with Gasteiger partial charge in [-0.3, -0.25) is 0 Å². The minimum Gasteiger partial charge on any atom is -0.309 e. The molecule has 4 heterocycles. The van der Waals surface area contributed by atoms with E-state index < -0.39 is 0 Å². The van der Waals surface area contributed by atoms with Crippen molar-refractivity contribution in [2.24, 2.45) is 0 Å². The van der Waals surface area contributed by atoms with Crippen molar-refractivity contribution in [3.8, 4) is 85.4 Å². The largest absolute Gasteiger partial charge is 0.309 e. The fraction of sp³-hybridized carbons (Fsp3) is 0. The van der Waals surface area contributed by atoms with Gasteiger partial charge >= 0.3 is 0 Å². The lowest BCUT2D eigenvalue weighted by Gasteiger charge is -2.21. The quantitative estimate of drug-likeness (QED) is 0.152. The Morgan fingerprint density at radius 3 is 1.05 bits per heavy atom. The Morgan fingerprint density at radius 2 is 0.646 bits per heavy atom. The lowest BCUT2D eigenvalue weighted by Crippen LogP contribution is -2.04. The van der Waals surface area contributed by atoms with Crippen LogP contribution < -0.4 is 0 Å². The summed E-state index contributed by atoms with van der Waals surface area (Å²) in [6.07, 6.45) is 0. The number of rotatable bonds is 8. The van der Waals surface area contributed by atoms with Crippen LogP contribution in [0.3, 0.4) is 0 Å². The summed E-state index contributed by atoms with van der Waals surface area (Å²) >= 11 is 0. The third-order valence-electron chi connectivity index (χ3n) is 15.5. The van der Waals surface area contributed by atoms with Crippen LogP contribution in [0, 0.1) is 22.7 Å². The van der Waals surface area contributed by atoms with Crippen LogP contribution in [0.25, 0.3) is 139 Å². The monoisotopic (exact) mass is 1010 g/mol. The average molecular weight is 1010 g/mol. The Balaban J connectivity index is 1.08. The minimum absolute atomic E-state index is 0.532. The van der Waals surface area contributed by atoms with Crippen LogP contribution in [0.4, 0.5) is 0 Å². The van der Waals surface area contributed by atoms with E-state index in [4.69, 9.17) is 9.97 Å². The zero-order chi connectivity index (χ0) is 52.6. The molecule has 366 valence electrons. The molecule has 0 amide bonds. The fourth-order valence-electron chi connectivity index (χ4n) is 12.0. The molecule has 4 aromatic heterocycles. The summed E-state index contributed by atoms with van der Waals surface area (Å²) in [4.78, 5) is 10.7. The van der Waals surface area contributed by atoms with Gasteiger partial charge in [-0.2, -0.15) is 10.5 Å². The van der Waals surface area contributed by atoms with E-state index in [2.05, 4.69) is 214 Å². The van der Waals surface area contributed by atoms with Crippen LogP contribution in [-0.2, 0) is 0 Å². The maximum Gasteiger partial charge on any atom is 0.160 e. The standard InChI is InChI=1S/C72H43N7/c73-44-46-17-15-23-50(37-46)59-39-52(72-75-63(48-19-3-1-4-20-48)43-64(76-72)49-21-5-2-6-22-49)40-60(51-24-16-18-47(38-51)45-74)71(59)79-69-35-33-53(77-65-29-11-7-25-55(65)56-26-8-12-30-66(56)77)41-61(69)62-42-54(34-36-70(62)79)78-67-31-13-9-27-57(67)58-28-10-14-32-68(58)78/h1-43H. The van der Waals surface area contributed by atoms with Crippen molar-refractivity contribution in [3.05, 3.63) is 272 Å². The fourth-order valence-corrected chi connectivity index (χ4v) is 12.0. The molecule has 15 rings (SSSR count). The molecule has 0 saturated carbocycles. The van der Waals surface area contributed by atoms with E-state index in [9.17, 15) is 10.5 Å².